The van der Waals surface area contributed by atoms with Crippen molar-refractivity contribution in [1.82, 2.24) is 0 Å². The van der Waals surface area contributed by atoms with E-state index in [2.05, 4.69) is 77.8 Å². The first kappa shape index (κ1) is 10.5. The molecule has 2 rings (SSSR count). The fourth-order valence-corrected chi connectivity index (χ4v) is 2.00. The summed E-state index contributed by atoms with van der Waals surface area (Å²) >= 11 is 2.33. The van der Waals surface area contributed by atoms with Crippen LogP contribution in [0.25, 0.3) is 10.8 Å². The molecule has 0 atom stereocenters. The molecule has 0 fully saturated rings. The number of hydrogen-bond acceptors (Lipinski definition) is 0. The van der Waals surface area contributed by atoms with Crippen molar-refractivity contribution < 1.29 is 0 Å². The highest BCUT2D eigenvalue weighted by molar-refractivity contribution is 14.1. The molecule has 74 valence electrons. The van der Waals surface area contributed by atoms with Gasteiger partial charge in [-0.05, 0) is 57.6 Å². The molecule has 0 aliphatic rings. The van der Waals surface area contributed by atoms with Crippen molar-refractivity contribution in [2.75, 3.05) is 0 Å². The van der Waals surface area contributed by atoms with Crippen LogP contribution in [-0.4, -0.2) is 0 Å². The maximum atomic E-state index is 3.15. The zero-order valence-electron chi connectivity index (χ0n) is 8.55. The quantitative estimate of drug-likeness (QED) is 0.505. The summed E-state index contributed by atoms with van der Waals surface area (Å²) < 4.78 is 1.27. The van der Waals surface area contributed by atoms with Crippen molar-refractivity contribution in [3.63, 3.8) is 0 Å². The van der Waals surface area contributed by atoms with Gasteiger partial charge in [-0.1, -0.05) is 30.9 Å². The first-order chi connectivity index (χ1) is 7.29. The molecule has 0 amide bonds. The van der Waals surface area contributed by atoms with Gasteiger partial charge in [0.25, 0.3) is 0 Å². The minimum Gasteiger partial charge on any atom is -0.0982 e. The maximum Gasteiger partial charge on any atom is 0.0251 e. The highest BCUT2D eigenvalue weighted by Gasteiger charge is 1.95. The molecule has 1 heteroatoms. The summed E-state index contributed by atoms with van der Waals surface area (Å²) in [6.07, 6.45) is 0.907. The van der Waals surface area contributed by atoms with E-state index in [1.807, 2.05) is 0 Å². The van der Waals surface area contributed by atoms with Crippen LogP contribution in [0.4, 0.5) is 0 Å². The molecule has 0 saturated heterocycles. The van der Waals surface area contributed by atoms with Crippen molar-refractivity contribution in [2.24, 2.45) is 0 Å². The van der Waals surface area contributed by atoms with E-state index in [0.29, 0.717) is 0 Å². The fourth-order valence-electron chi connectivity index (χ4n) is 1.48. The van der Waals surface area contributed by atoms with Crippen LogP contribution < -0.4 is 0 Å². The van der Waals surface area contributed by atoms with Gasteiger partial charge in [0.05, 0.1) is 0 Å². The van der Waals surface area contributed by atoms with Crippen LogP contribution in [0.5, 0.6) is 0 Å². The zero-order chi connectivity index (χ0) is 10.7. The third kappa shape index (κ3) is 2.51. The molecule has 0 bridgehead atoms. The third-order valence-electron chi connectivity index (χ3n) is 2.21. The fraction of sp³-hybridized carbons (Fsp3) is 0.143. The lowest BCUT2D eigenvalue weighted by molar-refractivity contribution is 1.28. The van der Waals surface area contributed by atoms with Gasteiger partial charge in [0.15, 0.2) is 0 Å². The van der Waals surface area contributed by atoms with E-state index < -0.39 is 0 Å². The second-order valence-electron chi connectivity index (χ2n) is 3.36. The van der Waals surface area contributed by atoms with Crippen molar-refractivity contribution >= 4 is 33.4 Å². The largest absolute Gasteiger partial charge is 0.0982 e. The summed E-state index contributed by atoms with van der Waals surface area (Å²) in [5.41, 5.74) is 1.10. The molecule has 0 aromatic heterocycles. The lowest BCUT2D eigenvalue weighted by Gasteiger charge is -1.99. The average Bonchev–Trinajstić information content (AvgIpc) is 2.26. The minimum absolute atomic E-state index is 0.907. The zero-order valence-corrected chi connectivity index (χ0v) is 10.7. The van der Waals surface area contributed by atoms with E-state index >= 15 is 0 Å². The van der Waals surface area contributed by atoms with Crippen LogP contribution in [0.1, 0.15) is 18.9 Å². The van der Waals surface area contributed by atoms with Crippen LogP contribution in [0, 0.1) is 15.4 Å². The Hall–Kier alpha value is -1.01. The molecule has 2 aromatic carbocycles. The predicted molar refractivity (Wildman–Crippen MR) is 73.8 cm³/mol. The van der Waals surface area contributed by atoms with E-state index in [1.54, 1.807) is 0 Å². The van der Waals surface area contributed by atoms with Gasteiger partial charge < -0.3 is 0 Å². The first-order valence-corrected chi connectivity index (χ1v) is 6.05. The molecule has 0 heterocycles. The van der Waals surface area contributed by atoms with Gasteiger partial charge in [-0.3, -0.25) is 0 Å². The Balaban J connectivity index is 2.52. The van der Waals surface area contributed by atoms with E-state index in [1.165, 1.54) is 14.3 Å². The van der Waals surface area contributed by atoms with Crippen molar-refractivity contribution in [2.45, 2.75) is 13.3 Å². The Morgan fingerprint density at radius 2 is 1.80 bits per heavy atom. The normalized spacial score (nSPS) is 9.73. The van der Waals surface area contributed by atoms with Crippen molar-refractivity contribution in [3.05, 3.63) is 45.5 Å². The Morgan fingerprint density at radius 1 is 1.07 bits per heavy atom. The van der Waals surface area contributed by atoms with Gasteiger partial charge in [-0.15, -0.1) is 0 Å². The van der Waals surface area contributed by atoms with Gasteiger partial charge in [-0.2, -0.15) is 0 Å². The van der Waals surface area contributed by atoms with E-state index in [9.17, 15) is 0 Å². The summed E-state index contributed by atoms with van der Waals surface area (Å²) in [7, 11) is 0. The van der Waals surface area contributed by atoms with Crippen LogP contribution in [0.3, 0.4) is 0 Å². The molecule has 0 aliphatic heterocycles. The lowest BCUT2D eigenvalue weighted by Crippen LogP contribution is -1.78. The minimum atomic E-state index is 0.907. The van der Waals surface area contributed by atoms with Gasteiger partial charge in [0.2, 0.25) is 0 Å². The molecule has 0 unspecified atom stereocenters. The molecule has 0 spiro atoms. The average molecular weight is 306 g/mol. The van der Waals surface area contributed by atoms with Crippen LogP contribution in [0.15, 0.2) is 36.4 Å². The number of halogens is 1. The summed E-state index contributed by atoms with van der Waals surface area (Å²) in [5, 5.41) is 2.54. The van der Waals surface area contributed by atoms with Gasteiger partial charge >= 0.3 is 0 Å². The molecular formula is C14H11I. The Kier molecular flexibility index (Phi) is 3.27. The van der Waals surface area contributed by atoms with Gasteiger partial charge in [-0.25, -0.2) is 0 Å². The first-order valence-electron chi connectivity index (χ1n) is 4.98. The summed E-state index contributed by atoms with van der Waals surface area (Å²) in [4.78, 5) is 0. The van der Waals surface area contributed by atoms with Gasteiger partial charge in [0.1, 0.15) is 0 Å². The van der Waals surface area contributed by atoms with Crippen LogP contribution >= 0.6 is 22.6 Å². The highest BCUT2D eigenvalue weighted by atomic mass is 127. The summed E-state index contributed by atoms with van der Waals surface area (Å²) in [6, 6.07) is 12.8. The predicted octanol–water partition coefficient (Wildman–Crippen LogP) is 4.21. The second kappa shape index (κ2) is 4.67. The Morgan fingerprint density at radius 3 is 2.60 bits per heavy atom. The van der Waals surface area contributed by atoms with Crippen LogP contribution in [0.2, 0.25) is 0 Å². The molecule has 0 nitrogen and oxygen atoms in total. The lowest BCUT2D eigenvalue weighted by atomic mass is 10.1. The summed E-state index contributed by atoms with van der Waals surface area (Å²) in [5.74, 6) is 6.24. The Bertz CT molecular complexity index is 544. The van der Waals surface area contributed by atoms with E-state index in [4.69, 9.17) is 0 Å². The third-order valence-corrected chi connectivity index (χ3v) is 2.88. The van der Waals surface area contributed by atoms with Crippen molar-refractivity contribution in [1.29, 1.82) is 0 Å². The van der Waals surface area contributed by atoms with E-state index in [0.717, 1.165) is 12.0 Å². The Labute approximate surface area is 104 Å². The standard InChI is InChI=1S/C14H11I/c1-2-3-4-11-5-6-13-10-14(15)8-7-12(13)9-11/h5-10H,2H2,1H3. The molecule has 15 heavy (non-hydrogen) atoms. The molecule has 0 aliphatic carbocycles. The summed E-state index contributed by atoms with van der Waals surface area (Å²) in [6.45, 7) is 2.07. The number of benzene rings is 2. The SMILES string of the molecule is CCC#Cc1ccc2cc(I)ccc2c1. The molecule has 2 aromatic rings. The second-order valence-corrected chi connectivity index (χ2v) is 4.61. The molecule has 0 saturated carbocycles. The van der Waals surface area contributed by atoms with Crippen molar-refractivity contribution in [3.8, 4) is 11.8 Å². The number of rotatable bonds is 0. The molecular weight excluding hydrogens is 295 g/mol. The van der Waals surface area contributed by atoms with E-state index in [-0.39, 0.29) is 0 Å². The number of hydrogen-bond donors (Lipinski definition) is 0. The highest BCUT2D eigenvalue weighted by Crippen LogP contribution is 2.18. The molecule has 0 radical (unpaired) electrons. The maximum absolute atomic E-state index is 3.15. The van der Waals surface area contributed by atoms with Gasteiger partial charge in [0, 0.05) is 15.6 Å². The monoisotopic (exact) mass is 306 g/mol. The smallest absolute Gasteiger partial charge is 0.0251 e. The number of fused-ring (bicyclic) bond motifs is 1. The topological polar surface area (TPSA) is 0 Å². The molecule has 0 N–H and O–H groups in total. The van der Waals surface area contributed by atoms with Crippen LogP contribution in [-0.2, 0) is 0 Å².